The van der Waals surface area contributed by atoms with Crippen molar-refractivity contribution in [3.8, 4) is 0 Å². The van der Waals surface area contributed by atoms with E-state index in [9.17, 15) is 5.11 Å². The quantitative estimate of drug-likeness (QED) is 0.877. The van der Waals surface area contributed by atoms with Gasteiger partial charge in [-0.15, -0.1) is 0 Å². The van der Waals surface area contributed by atoms with E-state index in [4.69, 9.17) is 11.6 Å². The molecule has 0 aromatic heterocycles. The lowest BCUT2D eigenvalue weighted by Gasteiger charge is -2.38. The molecule has 1 saturated carbocycles. The summed E-state index contributed by atoms with van der Waals surface area (Å²) < 4.78 is 0. The summed E-state index contributed by atoms with van der Waals surface area (Å²) in [7, 11) is 0. The normalized spacial score (nSPS) is 22.6. The highest BCUT2D eigenvalue weighted by molar-refractivity contribution is 6.30. The summed E-state index contributed by atoms with van der Waals surface area (Å²) in [4.78, 5) is 0. The van der Waals surface area contributed by atoms with E-state index in [1.165, 1.54) is 5.56 Å². The number of hydrogen-bond donors (Lipinski definition) is 2. The van der Waals surface area contributed by atoms with E-state index in [0.29, 0.717) is 12.0 Å². The predicted molar refractivity (Wildman–Crippen MR) is 86.6 cm³/mol. The molecule has 0 spiro atoms. The lowest BCUT2D eigenvalue weighted by molar-refractivity contribution is 0.197. The van der Waals surface area contributed by atoms with Gasteiger partial charge in [0.25, 0.3) is 0 Å². The first-order valence-corrected chi connectivity index (χ1v) is 7.81. The van der Waals surface area contributed by atoms with Crippen LogP contribution in [0.15, 0.2) is 54.6 Å². The average molecular weight is 302 g/mol. The average Bonchev–Trinajstić information content (AvgIpc) is 2.49. The maximum Gasteiger partial charge on any atom is 0.0626 e. The van der Waals surface area contributed by atoms with Gasteiger partial charge >= 0.3 is 0 Å². The van der Waals surface area contributed by atoms with Crippen molar-refractivity contribution in [2.75, 3.05) is 6.61 Å². The van der Waals surface area contributed by atoms with Crippen molar-refractivity contribution < 1.29 is 5.11 Å². The van der Waals surface area contributed by atoms with Crippen LogP contribution < -0.4 is 5.32 Å². The summed E-state index contributed by atoms with van der Waals surface area (Å²) in [5.41, 5.74) is 2.51. The summed E-state index contributed by atoms with van der Waals surface area (Å²) >= 11 is 5.92. The highest BCUT2D eigenvalue weighted by atomic mass is 35.5. The molecular formula is C18H20ClNO. The van der Waals surface area contributed by atoms with Gasteiger partial charge in [-0.05, 0) is 42.0 Å². The van der Waals surface area contributed by atoms with Crippen LogP contribution in [0.3, 0.4) is 0 Å². The highest BCUT2D eigenvalue weighted by Gasteiger charge is 2.31. The van der Waals surface area contributed by atoms with E-state index in [0.717, 1.165) is 23.4 Å². The van der Waals surface area contributed by atoms with Gasteiger partial charge in [0.2, 0.25) is 0 Å². The third kappa shape index (κ3) is 3.46. The molecule has 0 heterocycles. The van der Waals surface area contributed by atoms with Gasteiger partial charge in [0.15, 0.2) is 0 Å². The van der Waals surface area contributed by atoms with E-state index < -0.39 is 0 Å². The van der Waals surface area contributed by atoms with Gasteiger partial charge in [-0.2, -0.15) is 0 Å². The molecule has 0 aliphatic heterocycles. The molecule has 3 rings (SSSR count). The molecule has 1 aliphatic carbocycles. The van der Waals surface area contributed by atoms with Gasteiger partial charge < -0.3 is 10.4 Å². The van der Waals surface area contributed by atoms with Crippen LogP contribution in [0.25, 0.3) is 0 Å². The van der Waals surface area contributed by atoms with Crippen molar-refractivity contribution in [3.05, 3.63) is 70.7 Å². The van der Waals surface area contributed by atoms with Crippen LogP contribution in [0.1, 0.15) is 35.9 Å². The third-order valence-electron chi connectivity index (χ3n) is 4.30. The summed E-state index contributed by atoms with van der Waals surface area (Å²) in [6.07, 6.45) is 2.23. The summed E-state index contributed by atoms with van der Waals surface area (Å²) in [6, 6.07) is 18.8. The van der Waals surface area contributed by atoms with Crippen molar-refractivity contribution in [1.29, 1.82) is 0 Å². The molecule has 2 nitrogen and oxygen atoms in total. The molecule has 21 heavy (non-hydrogen) atoms. The number of benzene rings is 2. The minimum Gasteiger partial charge on any atom is -0.394 e. The minimum absolute atomic E-state index is 0.0300. The monoisotopic (exact) mass is 301 g/mol. The fourth-order valence-corrected chi connectivity index (χ4v) is 3.11. The largest absolute Gasteiger partial charge is 0.394 e. The molecular weight excluding hydrogens is 282 g/mol. The van der Waals surface area contributed by atoms with Gasteiger partial charge in [0.05, 0.1) is 12.6 Å². The second-order valence-corrected chi connectivity index (χ2v) is 6.17. The molecule has 0 saturated heterocycles. The standard InChI is InChI=1S/C18H20ClNO/c19-16-8-6-13(7-9-16)15-10-17(11-15)20-18(12-21)14-4-2-1-3-5-14/h1-9,15,17-18,20-21H,10-12H2. The molecule has 0 amide bonds. The zero-order valence-corrected chi connectivity index (χ0v) is 12.6. The molecule has 1 atom stereocenters. The Kier molecular flexibility index (Phi) is 4.59. The molecule has 2 N–H and O–H groups in total. The first kappa shape index (κ1) is 14.6. The van der Waals surface area contributed by atoms with E-state index >= 15 is 0 Å². The highest BCUT2D eigenvalue weighted by Crippen LogP contribution is 2.38. The SMILES string of the molecule is OCC(NC1CC(c2ccc(Cl)cc2)C1)c1ccccc1. The second-order valence-electron chi connectivity index (χ2n) is 5.73. The minimum atomic E-state index is 0.0300. The first-order chi connectivity index (χ1) is 10.3. The van der Waals surface area contributed by atoms with Crippen LogP contribution in [-0.4, -0.2) is 17.8 Å². The number of nitrogens with one attached hydrogen (secondary N) is 1. The van der Waals surface area contributed by atoms with Gasteiger partial charge in [-0.3, -0.25) is 0 Å². The molecule has 1 unspecified atom stereocenters. The fourth-order valence-electron chi connectivity index (χ4n) is 2.99. The molecule has 1 fully saturated rings. The first-order valence-electron chi connectivity index (χ1n) is 7.43. The molecule has 0 radical (unpaired) electrons. The lowest BCUT2D eigenvalue weighted by Crippen LogP contribution is -2.43. The van der Waals surface area contributed by atoms with E-state index in [1.807, 2.05) is 30.3 Å². The number of halogens is 1. The van der Waals surface area contributed by atoms with Crippen molar-refractivity contribution in [2.45, 2.75) is 30.8 Å². The third-order valence-corrected chi connectivity index (χ3v) is 4.55. The lowest BCUT2D eigenvalue weighted by atomic mass is 9.75. The molecule has 3 heteroatoms. The van der Waals surface area contributed by atoms with Gasteiger partial charge in [0.1, 0.15) is 0 Å². The van der Waals surface area contributed by atoms with Crippen molar-refractivity contribution in [1.82, 2.24) is 5.32 Å². The Bertz CT molecular complexity index is 564. The van der Waals surface area contributed by atoms with Crippen LogP contribution in [0.4, 0.5) is 0 Å². The Balaban J connectivity index is 1.55. The number of aliphatic hydroxyl groups excluding tert-OH is 1. The summed E-state index contributed by atoms with van der Waals surface area (Å²) in [5.74, 6) is 0.606. The summed E-state index contributed by atoms with van der Waals surface area (Å²) in [5, 5.41) is 13.9. The van der Waals surface area contributed by atoms with E-state index in [2.05, 4.69) is 29.6 Å². The van der Waals surface area contributed by atoms with Crippen LogP contribution in [0.5, 0.6) is 0 Å². The number of rotatable bonds is 5. The Labute approximate surface area is 130 Å². The number of hydrogen-bond acceptors (Lipinski definition) is 2. The molecule has 2 aromatic rings. The predicted octanol–water partition coefficient (Wildman–Crippen LogP) is 3.91. The Hall–Kier alpha value is -1.35. The van der Waals surface area contributed by atoms with Crippen molar-refractivity contribution >= 4 is 11.6 Å². The van der Waals surface area contributed by atoms with Gasteiger partial charge in [0, 0.05) is 11.1 Å². The topological polar surface area (TPSA) is 32.3 Å². The van der Waals surface area contributed by atoms with Crippen LogP contribution in [-0.2, 0) is 0 Å². The maximum absolute atomic E-state index is 9.58. The zero-order valence-electron chi connectivity index (χ0n) is 11.9. The second kappa shape index (κ2) is 6.61. The molecule has 110 valence electrons. The van der Waals surface area contributed by atoms with Crippen LogP contribution in [0, 0.1) is 0 Å². The fraction of sp³-hybridized carbons (Fsp3) is 0.333. The Morgan fingerprint density at radius 3 is 2.33 bits per heavy atom. The van der Waals surface area contributed by atoms with E-state index in [1.54, 1.807) is 0 Å². The maximum atomic E-state index is 9.58. The zero-order chi connectivity index (χ0) is 14.7. The molecule has 2 aromatic carbocycles. The Morgan fingerprint density at radius 1 is 1.05 bits per heavy atom. The van der Waals surface area contributed by atoms with Gasteiger partial charge in [-0.25, -0.2) is 0 Å². The smallest absolute Gasteiger partial charge is 0.0626 e. The van der Waals surface area contributed by atoms with Crippen molar-refractivity contribution in [2.24, 2.45) is 0 Å². The van der Waals surface area contributed by atoms with Crippen molar-refractivity contribution in [3.63, 3.8) is 0 Å². The van der Waals surface area contributed by atoms with Crippen LogP contribution in [0.2, 0.25) is 5.02 Å². The molecule has 1 aliphatic rings. The molecule has 0 bridgehead atoms. The number of aliphatic hydroxyl groups is 1. The van der Waals surface area contributed by atoms with Crippen LogP contribution >= 0.6 is 11.6 Å². The van der Waals surface area contributed by atoms with Gasteiger partial charge in [-0.1, -0.05) is 54.1 Å². The van der Waals surface area contributed by atoms with E-state index in [-0.39, 0.29) is 12.6 Å². The Morgan fingerprint density at radius 2 is 1.71 bits per heavy atom. The summed E-state index contributed by atoms with van der Waals surface area (Å²) in [6.45, 7) is 0.131.